The number of rotatable bonds is 5. The SMILES string of the molecule is CC(c1ccccc1)N(C)C(=O)CN1CC=C(c2c[nH]c3ncccc23)CC1. The first-order chi connectivity index (χ1) is 13.6. The third kappa shape index (κ3) is 3.71. The average molecular weight is 374 g/mol. The van der Waals surface area contributed by atoms with Crippen LogP contribution in [0.3, 0.4) is 0 Å². The van der Waals surface area contributed by atoms with Gasteiger partial charge in [-0.15, -0.1) is 0 Å². The maximum absolute atomic E-state index is 12.8. The predicted octanol–water partition coefficient (Wildman–Crippen LogP) is 3.87. The van der Waals surface area contributed by atoms with Crippen LogP contribution in [0.15, 0.2) is 60.9 Å². The van der Waals surface area contributed by atoms with Crippen LogP contribution in [-0.2, 0) is 4.79 Å². The molecule has 1 unspecified atom stereocenters. The first-order valence-corrected chi connectivity index (χ1v) is 9.78. The topological polar surface area (TPSA) is 52.2 Å². The van der Waals surface area contributed by atoms with Gasteiger partial charge in [0.2, 0.25) is 5.91 Å². The quantitative estimate of drug-likeness (QED) is 0.738. The summed E-state index contributed by atoms with van der Waals surface area (Å²) in [5, 5.41) is 1.16. The summed E-state index contributed by atoms with van der Waals surface area (Å²) in [4.78, 5) is 24.4. The van der Waals surface area contributed by atoms with Crippen molar-refractivity contribution in [2.24, 2.45) is 0 Å². The molecular formula is C23H26N4O. The number of nitrogens with zero attached hydrogens (tertiary/aromatic N) is 3. The second kappa shape index (κ2) is 7.98. The number of hydrogen-bond donors (Lipinski definition) is 1. The molecule has 0 fully saturated rings. The summed E-state index contributed by atoms with van der Waals surface area (Å²) in [6.07, 6.45) is 7.03. The molecule has 5 nitrogen and oxygen atoms in total. The van der Waals surface area contributed by atoms with Crippen LogP contribution in [0.1, 0.15) is 30.5 Å². The number of amides is 1. The lowest BCUT2D eigenvalue weighted by Gasteiger charge is -2.30. The summed E-state index contributed by atoms with van der Waals surface area (Å²) >= 11 is 0. The Morgan fingerprint density at radius 1 is 1.25 bits per heavy atom. The molecule has 28 heavy (non-hydrogen) atoms. The zero-order valence-electron chi connectivity index (χ0n) is 16.4. The van der Waals surface area contributed by atoms with E-state index in [0.717, 1.165) is 36.1 Å². The van der Waals surface area contributed by atoms with Crippen molar-refractivity contribution in [2.75, 3.05) is 26.7 Å². The molecule has 1 N–H and O–H groups in total. The number of carbonyl (C=O) groups is 1. The number of aromatic nitrogens is 2. The van der Waals surface area contributed by atoms with E-state index in [-0.39, 0.29) is 11.9 Å². The first-order valence-electron chi connectivity index (χ1n) is 9.78. The highest BCUT2D eigenvalue weighted by molar-refractivity contribution is 5.90. The van der Waals surface area contributed by atoms with Crippen LogP contribution >= 0.6 is 0 Å². The van der Waals surface area contributed by atoms with E-state index < -0.39 is 0 Å². The Morgan fingerprint density at radius 2 is 2.07 bits per heavy atom. The van der Waals surface area contributed by atoms with Crippen LogP contribution in [-0.4, -0.2) is 52.4 Å². The smallest absolute Gasteiger partial charge is 0.237 e. The fraction of sp³-hybridized carbons (Fsp3) is 0.304. The number of benzene rings is 1. The summed E-state index contributed by atoms with van der Waals surface area (Å²) in [6.45, 7) is 4.21. The van der Waals surface area contributed by atoms with Gasteiger partial charge in [-0.2, -0.15) is 0 Å². The molecule has 0 radical (unpaired) electrons. The highest BCUT2D eigenvalue weighted by Crippen LogP contribution is 2.28. The Morgan fingerprint density at radius 3 is 2.82 bits per heavy atom. The predicted molar refractivity (Wildman–Crippen MR) is 113 cm³/mol. The molecule has 144 valence electrons. The van der Waals surface area contributed by atoms with Crippen molar-refractivity contribution < 1.29 is 4.79 Å². The summed E-state index contributed by atoms with van der Waals surface area (Å²) in [5.41, 5.74) is 4.64. The van der Waals surface area contributed by atoms with E-state index in [1.165, 1.54) is 11.1 Å². The molecule has 5 heteroatoms. The van der Waals surface area contributed by atoms with Gasteiger partial charge in [0.25, 0.3) is 0 Å². The monoisotopic (exact) mass is 374 g/mol. The van der Waals surface area contributed by atoms with Crippen LogP contribution in [0.25, 0.3) is 16.6 Å². The molecule has 1 atom stereocenters. The van der Waals surface area contributed by atoms with Crippen LogP contribution in [0, 0.1) is 0 Å². The van der Waals surface area contributed by atoms with Crippen LogP contribution in [0.5, 0.6) is 0 Å². The molecule has 3 aromatic rings. The molecule has 4 rings (SSSR count). The second-order valence-electron chi connectivity index (χ2n) is 7.41. The van der Waals surface area contributed by atoms with E-state index in [9.17, 15) is 4.79 Å². The van der Waals surface area contributed by atoms with Gasteiger partial charge in [-0.05, 0) is 36.6 Å². The van der Waals surface area contributed by atoms with E-state index in [4.69, 9.17) is 0 Å². The van der Waals surface area contributed by atoms with Gasteiger partial charge in [-0.3, -0.25) is 9.69 Å². The Kier molecular flexibility index (Phi) is 5.26. The van der Waals surface area contributed by atoms with Gasteiger partial charge < -0.3 is 9.88 Å². The first kappa shape index (κ1) is 18.4. The zero-order valence-corrected chi connectivity index (χ0v) is 16.4. The molecule has 0 saturated heterocycles. The Labute approximate surface area is 165 Å². The molecule has 1 amide bonds. The van der Waals surface area contributed by atoms with Crippen LogP contribution < -0.4 is 0 Å². The lowest BCUT2D eigenvalue weighted by molar-refractivity contribution is -0.132. The summed E-state index contributed by atoms with van der Waals surface area (Å²) in [6, 6.07) is 14.3. The molecule has 0 bridgehead atoms. The maximum atomic E-state index is 12.8. The molecule has 2 aromatic heterocycles. The van der Waals surface area contributed by atoms with Gasteiger partial charge in [0.1, 0.15) is 5.65 Å². The van der Waals surface area contributed by atoms with Crippen LogP contribution in [0.2, 0.25) is 0 Å². The second-order valence-corrected chi connectivity index (χ2v) is 7.41. The summed E-state index contributed by atoms with van der Waals surface area (Å²) in [5.74, 6) is 0.157. The number of H-pyrrole nitrogens is 1. The summed E-state index contributed by atoms with van der Waals surface area (Å²) in [7, 11) is 1.89. The molecule has 0 saturated carbocycles. The largest absolute Gasteiger partial charge is 0.346 e. The van der Waals surface area contributed by atoms with Crippen molar-refractivity contribution in [3.63, 3.8) is 0 Å². The third-order valence-corrected chi connectivity index (χ3v) is 5.71. The van der Waals surface area contributed by atoms with Crippen molar-refractivity contribution in [2.45, 2.75) is 19.4 Å². The minimum atomic E-state index is 0.0725. The number of fused-ring (bicyclic) bond motifs is 1. The molecule has 1 aromatic carbocycles. The number of hydrogen-bond acceptors (Lipinski definition) is 3. The lowest BCUT2D eigenvalue weighted by Crippen LogP contribution is -2.41. The standard InChI is InChI=1S/C23H26N4O/c1-17(18-7-4-3-5-8-18)26(2)22(28)16-27-13-10-19(11-14-27)21-15-25-23-20(21)9-6-12-24-23/h3-10,12,15,17H,11,13-14,16H2,1-2H3,(H,24,25). The molecule has 1 aliphatic heterocycles. The highest BCUT2D eigenvalue weighted by atomic mass is 16.2. The fourth-order valence-corrected chi connectivity index (χ4v) is 3.80. The average Bonchev–Trinajstić information content (AvgIpc) is 3.18. The third-order valence-electron chi connectivity index (χ3n) is 5.71. The van der Waals surface area contributed by atoms with Gasteiger partial charge >= 0.3 is 0 Å². The van der Waals surface area contributed by atoms with E-state index in [0.29, 0.717) is 6.54 Å². The van der Waals surface area contributed by atoms with E-state index in [1.54, 1.807) is 6.20 Å². The van der Waals surface area contributed by atoms with Gasteiger partial charge in [0.15, 0.2) is 0 Å². The van der Waals surface area contributed by atoms with Gasteiger partial charge in [0, 0.05) is 43.5 Å². The summed E-state index contributed by atoms with van der Waals surface area (Å²) < 4.78 is 0. The number of pyridine rings is 1. The van der Waals surface area contributed by atoms with E-state index in [1.807, 2.05) is 42.4 Å². The minimum Gasteiger partial charge on any atom is -0.346 e. The van der Waals surface area contributed by atoms with Crippen LogP contribution in [0.4, 0.5) is 0 Å². The molecule has 1 aliphatic rings. The van der Waals surface area contributed by atoms with Gasteiger partial charge in [0.05, 0.1) is 12.6 Å². The van der Waals surface area contributed by atoms with Crippen molar-refractivity contribution >= 4 is 22.5 Å². The highest BCUT2D eigenvalue weighted by Gasteiger charge is 2.22. The Balaban J connectivity index is 1.39. The minimum absolute atomic E-state index is 0.0725. The van der Waals surface area contributed by atoms with Crippen molar-refractivity contribution in [1.82, 2.24) is 19.8 Å². The number of aromatic amines is 1. The zero-order chi connectivity index (χ0) is 19.5. The van der Waals surface area contributed by atoms with E-state index >= 15 is 0 Å². The number of carbonyl (C=O) groups excluding carboxylic acids is 1. The molecule has 0 aliphatic carbocycles. The van der Waals surface area contributed by atoms with Crippen molar-refractivity contribution in [3.8, 4) is 0 Å². The molecule has 3 heterocycles. The van der Waals surface area contributed by atoms with Crippen molar-refractivity contribution in [3.05, 3.63) is 72.1 Å². The van der Waals surface area contributed by atoms with E-state index in [2.05, 4.69) is 46.1 Å². The fourth-order valence-electron chi connectivity index (χ4n) is 3.80. The molecular weight excluding hydrogens is 348 g/mol. The van der Waals surface area contributed by atoms with Crippen molar-refractivity contribution in [1.29, 1.82) is 0 Å². The Bertz CT molecular complexity index is 992. The van der Waals surface area contributed by atoms with Gasteiger partial charge in [-0.25, -0.2) is 4.98 Å². The number of likely N-dealkylation sites (N-methyl/N-ethyl adjacent to an activating group) is 1. The normalized spacial score (nSPS) is 16.0. The van der Waals surface area contributed by atoms with Gasteiger partial charge in [-0.1, -0.05) is 36.4 Å². The lowest BCUT2D eigenvalue weighted by atomic mass is 9.99. The molecule has 0 spiro atoms. The maximum Gasteiger partial charge on any atom is 0.237 e. The Hall–Kier alpha value is -2.92. The number of nitrogens with one attached hydrogen (secondary N) is 1.